The Labute approximate surface area is 101 Å². The average molecular weight is 248 g/mol. The van der Waals surface area contributed by atoms with Gasteiger partial charge in [0.15, 0.2) is 0 Å². The van der Waals surface area contributed by atoms with Crippen molar-refractivity contribution in [2.45, 2.75) is 44.7 Å². The number of hydrogen-bond donors (Lipinski definition) is 2. The van der Waals surface area contributed by atoms with E-state index in [2.05, 4.69) is 6.92 Å². The van der Waals surface area contributed by atoms with E-state index in [1.807, 2.05) is 0 Å². The molecule has 0 aromatic heterocycles. The SMILES string of the molecule is CCC[Si](CCCN)(OC)OCCCCN. The van der Waals surface area contributed by atoms with Crippen molar-refractivity contribution >= 4 is 8.56 Å². The summed E-state index contributed by atoms with van der Waals surface area (Å²) in [6.45, 7) is 4.41. The van der Waals surface area contributed by atoms with Crippen LogP contribution in [0.1, 0.15) is 32.6 Å². The summed E-state index contributed by atoms with van der Waals surface area (Å²) >= 11 is 0. The lowest BCUT2D eigenvalue weighted by atomic mass is 10.3. The van der Waals surface area contributed by atoms with Crippen LogP contribution in [-0.4, -0.2) is 35.4 Å². The van der Waals surface area contributed by atoms with Crippen molar-refractivity contribution in [3.8, 4) is 0 Å². The largest absolute Gasteiger partial charge is 0.398 e. The molecule has 0 aliphatic heterocycles. The van der Waals surface area contributed by atoms with Crippen LogP contribution in [0.2, 0.25) is 12.1 Å². The lowest BCUT2D eigenvalue weighted by Gasteiger charge is -2.29. The molecule has 0 aromatic carbocycles. The monoisotopic (exact) mass is 248 g/mol. The summed E-state index contributed by atoms with van der Waals surface area (Å²) in [4.78, 5) is 0. The molecule has 0 aliphatic rings. The summed E-state index contributed by atoms with van der Waals surface area (Å²) in [6, 6.07) is 2.07. The van der Waals surface area contributed by atoms with Crippen molar-refractivity contribution in [3.05, 3.63) is 0 Å². The highest BCUT2D eigenvalue weighted by Crippen LogP contribution is 2.22. The predicted octanol–water partition coefficient (Wildman–Crippen LogP) is 1.59. The van der Waals surface area contributed by atoms with E-state index in [0.717, 1.165) is 50.9 Å². The highest BCUT2D eigenvalue weighted by atomic mass is 28.4. The third kappa shape index (κ3) is 6.60. The molecule has 0 radical (unpaired) electrons. The van der Waals surface area contributed by atoms with Crippen molar-refractivity contribution in [1.82, 2.24) is 0 Å². The molecule has 0 heterocycles. The highest BCUT2D eigenvalue weighted by molar-refractivity contribution is 6.67. The van der Waals surface area contributed by atoms with Gasteiger partial charge in [-0.25, -0.2) is 0 Å². The van der Waals surface area contributed by atoms with Crippen LogP contribution < -0.4 is 11.5 Å². The standard InChI is InChI=1S/C11H28N2O2Si/c1-3-10-16(14-2,11-6-8-13)15-9-5-4-7-12/h3-13H2,1-2H3. The molecular weight excluding hydrogens is 220 g/mol. The van der Waals surface area contributed by atoms with Crippen LogP contribution in [0, 0.1) is 0 Å². The van der Waals surface area contributed by atoms with Gasteiger partial charge in [0.2, 0.25) is 0 Å². The predicted molar refractivity (Wildman–Crippen MR) is 70.6 cm³/mol. The van der Waals surface area contributed by atoms with Gasteiger partial charge in [-0.2, -0.15) is 0 Å². The number of unbranched alkanes of at least 4 members (excludes halogenated alkanes) is 1. The molecule has 1 atom stereocenters. The summed E-state index contributed by atoms with van der Waals surface area (Å²) < 4.78 is 11.7. The van der Waals surface area contributed by atoms with Crippen molar-refractivity contribution in [2.24, 2.45) is 11.5 Å². The van der Waals surface area contributed by atoms with Crippen LogP contribution in [-0.2, 0) is 8.85 Å². The Morgan fingerprint density at radius 1 is 1.00 bits per heavy atom. The minimum atomic E-state index is -1.96. The van der Waals surface area contributed by atoms with Crippen LogP contribution in [0.25, 0.3) is 0 Å². The van der Waals surface area contributed by atoms with E-state index in [1.54, 1.807) is 7.11 Å². The first-order valence-electron chi connectivity index (χ1n) is 6.34. The molecule has 0 aromatic rings. The molecule has 0 amide bonds. The van der Waals surface area contributed by atoms with Crippen LogP contribution in [0.5, 0.6) is 0 Å². The molecule has 0 rings (SSSR count). The van der Waals surface area contributed by atoms with Gasteiger partial charge >= 0.3 is 8.56 Å². The molecule has 4 N–H and O–H groups in total. The molecule has 0 fully saturated rings. The zero-order valence-corrected chi connectivity index (χ0v) is 11.8. The van der Waals surface area contributed by atoms with E-state index in [0.29, 0.717) is 6.54 Å². The minimum absolute atomic E-state index is 0.716. The molecule has 0 aliphatic carbocycles. The van der Waals surface area contributed by atoms with Crippen molar-refractivity contribution in [1.29, 1.82) is 0 Å². The molecule has 0 bridgehead atoms. The van der Waals surface area contributed by atoms with Gasteiger partial charge in [0.1, 0.15) is 0 Å². The van der Waals surface area contributed by atoms with Crippen molar-refractivity contribution in [3.63, 3.8) is 0 Å². The first-order chi connectivity index (χ1) is 7.74. The Kier molecular flexibility index (Phi) is 10.3. The van der Waals surface area contributed by atoms with Crippen LogP contribution in [0.3, 0.4) is 0 Å². The smallest absolute Gasteiger partial charge is 0.337 e. The highest BCUT2D eigenvalue weighted by Gasteiger charge is 2.34. The molecule has 5 heteroatoms. The summed E-state index contributed by atoms with van der Waals surface area (Å²) in [5, 5.41) is 0. The summed E-state index contributed by atoms with van der Waals surface area (Å²) in [6.07, 6.45) is 4.16. The Morgan fingerprint density at radius 3 is 2.19 bits per heavy atom. The van der Waals surface area contributed by atoms with Crippen LogP contribution in [0.15, 0.2) is 0 Å². The molecular formula is C11H28N2O2Si. The molecule has 0 saturated heterocycles. The second kappa shape index (κ2) is 10.2. The van der Waals surface area contributed by atoms with Gasteiger partial charge in [0.05, 0.1) is 0 Å². The fraction of sp³-hybridized carbons (Fsp3) is 1.00. The number of rotatable bonds is 11. The van der Waals surface area contributed by atoms with E-state index in [9.17, 15) is 0 Å². The maximum atomic E-state index is 6.03. The summed E-state index contributed by atoms with van der Waals surface area (Å²) in [5.74, 6) is 0. The summed E-state index contributed by atoms with van der Waals surface area (Å²) in [7, 11) is -0.182. The van der Waals surface area contributed by atoms with Gasteiger partial charge in [0, 0.05) is 13.7 Å². The fourth-order valence-corrected chi connectivity index (χ4v) is 4.87. The van der Waals surface area contributed by atoms with Gasteiger partial charge < -0.3 is 20.3 Å². The van der Waals surface area contributed by atoms with E-state index in [1.165, 1.54) is 0 Å². The maximum absolute atomic E-state index is 6.03. The Bertz CT molecular complexity index is 161. The molecule has 16 heavy (non-hydrogen) atoms. The zero-order valence-electron chi connectivity index (χ0n) is 10.8. The van der Waals surface area contributed by atoms with Crippen molar-refractivity contribution in [2.75, 3.05) is 26.8 Å². The first kappa shape index (κ1) is 16.1. The van der Waals surface area contributed by atoms with E-state index in [4.69, 9.17) is 20.3 Å². The zero-order chi connectivity index (χ0) is 12.3. The molecule has 4 nitrogen and oxygen atoms in total. The maximum Gasteiger partial charge on any atom is 0.337 e. The van der Waals surface area contributed by atoms with E-state index < -0.39 is 8.56 Å². The molecule has 0 saturated carbocycles. The molecule has 0 spiro atoms. The van der Waals surface area contributed by atoms with E-state index in [-0.39, 0.29) is 0 Å². The number of nitrogens with two attached hydrogens (primary N) is 2. The first-order valence-corrected chi connectivity index (χ1v) is 8.57. The second-order valence-corrected chi connectivity index (χ2v) is 7.62. The van der Waals surface area contributed by atoms with Crippen molar-refractivity contribution < 1.29 is 8.85 Å². The van der Waals surface area contributed by atoms with Gasteiger partial charge in [-0.15, -0.1) is 0 Å². The Balaban J connectivity index is 4.04. The van der Waals surface area contributed by atoms with Gasteiger partial charge in [-0.3, -0.25) is 0 Å². The van der Waals surface area contributed by atoms with Gasteiger partial charge in [0.25, 0.3) is 0 Å². The molecule has 98 valence electrons. The lowest BCUT2D eigenvalue weighted by Crippen LogP contribution is -2.41. The Hall–Kier alpha value is 0.0569. The summed E-state index contributed by atoms with van der Waals surface area (Å²) in [5.41, 5.74) is 11.0. The molecule has 1 unspecified atom stereocenters. The topological polar surface area (TPSA) is 70.5 Å². The Morgan fingerprint density at radius 2 is 1.69 bits per heavy atom. The normalized spacial score (nSPS) is 15.0. The van der Waals surface area contributed by atoms with Crippen LogP contribution >= 0.6 is 0 Å². The minimum Gasteiger partial charge on any atom is -0.398 e. The van der Waals surface area contributed by atoms with Gasteiger partial charge in [-0.1, -0.05) is 13.3 Å². The third-order valence-corrected chi connectivity index (χ3v) is 6.58. The van der Waals surface area contributed by atoms with Crippen LogP contribution in [0.4, 0.5) is 0 Å². The average Bonchev–Trinajstić information content (AvgIpc) is 2.31. The fourth-order valence-electron chi connectivity index (χ4n) is 1.79. The quantitative estimate of drug-likeness (QED) is 0.430. The lowest BCUT2D eigenvalue weighted by molar-refractivity contribution is 0.193. The second-order valence-electron chi connectivity index (χ2n) is 4.10. The van der Waals surface area contributed by atoms with E-state index >= 15 is 0 Å². The number of hydrogen-bond acceptors (Lipinski definition) is 4. The third-order valence-electron chi connectivity index (χ3n) is 2.73. The van der Waals surface area contributed by atoms with Gasteiger partial charge in [-0.05, 0) is 44.4 Å².